The number of carbonyl (C=O) groups is 3. The minimum absolute atomic E-state index is 0.00235. The summed E-state index contributed by atoms with van der Waals surface area (Å²) in [5.41, 5.74) is 2.95. The third-order valence-corrected chi connectivity index (χ3v) is 4.36. The highest BCUT2D eigenvalue weighted by Crippen LogP contribution is 2.20. The lowest BCUT2D eigenvalue weighted by Crippen LogP contribution is -2.40. The lowest BCUT2D eigenvalue weighted by atomic mass is 9.94. The van der Waals surface area contributed by atoms with Gasteiger partial charge in [-0.15, -0.1) is 0 Å². The van der Waals surface area contributed by atoms with Gasteiger partial charge in [-0.3, -0.25) is 14.4 Å². The Kier molecular flexibility index (Phi) is 7.71. The summed E-state index contributed by atoms with van der Waals surface area (Å²) in [6, 6.07) is 16.8. The lowest BCUT2D eigenvalue weighted by Gasteiger charge is -2.21. The summed E-state index contributed by atoms with van der Waals surface area (Å²) < 4.78 is 0. The molecule has 0 aliphatic heterocycles. The molecule has 2 aromatic rings. The molecule has 7 nitrogen and oxygen atoms in total. The number of benzene rings is 2. The molecule has 4 N–H and O–H groups in total. The van der Waals surface area contributed by atoms with Crippen LogP contribution in [0.2, 0.25) is 0 Å². The van der Waals surface area contributed by atoms with Crippen molar-refractivity contribution >= 4 is 17.8 Å². The zero-order chi connectivity index (χ0) is 20.5. The Bertz CT molecular complexity index is 803. The van der Waals surface area contributed by atoms with Crippen LogP contribution < -0.4 is 5.32 Å². The van der Waals surface area contributed by atoms with Crippen molar-refractivity contribution < 1.29 is 29.7 Å². The number of carboxylic acid groups (broad SMARTS) is 2. The summed E-state index contributed by atoms with van der Waals surface area (Å²) in [4.78, 5) is 33.8. The number of hydrogen-bond acceptors (Lipinski definition) is 4. The second-order valence-corrected chi connectivity index (χ2v) is 6.56. The third-order valence-electron chi connectivity index (χ3n) is 4.36. The summed E-state index contributed by atoms with van der Waals surface area (Å²) in [6.45, 7) is -0.562. The Balaban J connectivity index is 2.12. The molecular formula is C21H23NO6. The van der Waals surface area contributed by atoms with Gasteiger partial charge in [-0.05, 0) is 29.5 Å². The molecule has 7 heteroatoms. The fraction of sp³-hybridized carbons (Fsp3) is 0.286. The first kappa shape index (κ1) is 21.1. The number of carbonyl (C=O) groups excluding carboxylic acids is 1. The van der Waals surface area contributed by atoms with Gasteiger partial charge in [-0.25, -0.2) is 0 Å². The molecule has 0 heterocycles. The van der Waals surface area contributed by atoms with Gasteiger partial charge in [-0.2, -0.15) is 0 Å². The van der Waals surface area contributed by atoms with E-state index in [-0.39, 0.29) is 6.42 Å². The Labute approximate surface area is 162 Å². The predicted octanol–water partition coefficient (Wildman–Crippen LogP) is 1.94. The SMILES string of the molecule is O=C(O)CC(=O)N[C@H](Cc1ccc(-c2ccccc2)cc1)C[C@@H](CO)C(=O)O. The highest BCUT2D eigenvalue weighted by molar-refractivity contribution is 5.93. The Hall–Kier alpha value is -3.19. The summed E-state index contributed by atoms with van der Waals surface area (Å²) in [7, 11) is 0. The van der Waals surface area contributed by atoms with E-state index in [1.165, 1.54) is 0 Å². The van der Waals surface area contributed by atoms with Crippen molar-refractivity contribution in [2.75, 3.05) is 6.61 Å². The van der Waals surface area contributed by atoms with E-state index in [0.717, 1.165) is 16.7 Å². The van der Waals surface area contributed by atoms with E-state index >= 15 is 0 Å². The Morgan fingerprint density at radius 3 is 2.04 bits per heavy atom. The van der Waals surface area contributed by atoms with Gasteiger partial charge in [0, 0.05) is 6.04 Å². The number of aliphatic hydroxyl groups excluding tert-OH is 1. The monoisotopic (exact) mass is 385 g/mol. The molecule has 0 saturated heterocycles. The van der Waals surface area contributed by atoms with Crippen LogP contribution in [0.4, 0.5) is 0 Å². The summed E-state index contributed by atoms with van der Waals surface area (Å²) in [5.74, 6) is -4.17. The molecule has 0 aliphatic carbocycles. The predicted molar refractivity (Wildman–Crippen MR) is 103 cm³/mol. The van der Waals surface area contributed by atoms with E-state index in [2.05, 4.69) is 5.32 Å². The van der Waals surface area contributed by atoms with E-state index < -0.39 is 42.8 Å². The van der Waals surface area contributed by atoms with E-state index in [0.29, 0.717) is 6.42 Å². The normalized spacial score (nSPS) is 12.8. The minimum Gasteiger partial charge on any atom is -0.481 e. The summed E-state index contributed by atoms with van der Waals surface area (Å²) in [6.07, 6.45) is -0.373. The highest BCUT2D eigenvalue weighted by Gasteiger charge is 2.24. The molecule has 2 aromatic carbocycles. The second kappa shape index (κ2) is 10.2. The van der Waals surface area contributed by atoms with Crippen LogP contribution in [0.25, 0.3) is 11.1 Å². The number of nitrogens with one attached hydrogen (secondary N) is 1. The number of aliphatic hydroxyl groups is 1. The molecular weight excluding hydrogens is 362 g/mol. The fourth-order valence-electron chi connectivity index (χ4n) is 2.95. The van der Waals surface area contributed by atoms with Crippen molar-refractivity contribution in [1.29, 1.82) is 0 Å². The highest BCUT2D eigenvalue weighted by atomic mass is 16.4. The average Bonchev–Trinajstić information content (AvgIpc) is 2.66. The zero-order valence-corrected chi connectivity index (χ0v) is 15.2. The van der Waals surface area contributed by atoms with E-state index in [1.807, 2.05) is 54.6 Å². The van der Waals surface area contributed by atoms with Gasteiger partial charge >= 0.3 is 11.9 Å². The number of hydrogen-bond donors (Lipinski definition) is 4. The van der Waals surface area contributed by atoms with Gasteiger partial charge < -0.3 is 20.6 Å². The molecule has 0 saturated carbocycles. The molecule has 0 spiro atoms. The number of aliphatic carboxylic acids is 2. The Morgan fingerprint density at radius 1 is 0.893 bits per heavy atom. The molecule has 0 aliphatic rings. The maximum atomic E-state index is 11.8. The van der Waals surface area contributed by atoms with Crippen molar-refractivity contribution in [3.8, 4) is 11.1 Å². The molecule has 1 amide bonds. The number of carboxylic acids is 2. The van der Waals surface area contributed by atoms with Crippen LogP contribution in [-0.2, 0) is 20.8 Å². The van der Waals surface area contributed by atoms with E-state index in [9.17, 15) is 19.5 Å². The van der Waals surface area contributed by atoms with E-state index in [4.69, 9.17) is 10.2 Å². The third kappa shape index (κ3) is 6.51. The van der Waals surface area contributed by atoms with Gasteiger partial charge in [0.1, 0.15) is 6.42 Å². The lowest BCUT2D eigenvalue weighted by molar-refractivity contribution is -0.145. The first-order valence-corrected chi connectivity index (χ1v) is 8.88. The standard InChI is InChI=1S/C21H23NO6/c23-13-17(21(27)28)11-18(22-19(24)12-20(25)26)10-14-6-8-16(9-7-14)15-4-2-1-3-5-15/h1-9,17-18,23H,10-13H2,(H,22,24)(H,25,26)(H,27,28)/t17-,18+/m0/s1. The van der Waals surface area contributed by atoms with Gasteiger partial charge in [-0.1, -0.05) is 54.6 Å². The Morgan fingerprint density at radius 2 is 1.50 bits per heavy atom. The molecule has 0 bridgehead atoms. The molecule has 28 heavy (non-hydrogen) atoms. The molecule has 0 radical (unpaired) electrons. The van der Waals surface area contributed by atoms with Gasteiger partial charge in [0.25, 0.3) is 0 Å². The largest absolute Gasteiger partial charge is 0.481 e. The van der Waals surface area contributed by atoms with Gasteiger partial charge in [0.2, 0.25) is 5.91 Å². The van der Waals surface area contributed by atoms with Crippen molar-refractivity contribution in [1.82, 2.24) is 5.32 Å². The van der Waals surface area contributed by atoms with Crippen molar-refractivity contribution in [2.45, 2.75) is 25.3 Å². The van der Waals surface area contributed by atoms with Crippen molar-refractivity contribution in [2.24, 2.45) is 5.92 Å². The average molecular weight is 385 g/mol. The summed E-state index contributed by atoms with van der Waals surface area (Å²) in [5, 5.41) is 29.7. The number of rotatable bonds is 10. The van der Waals surface area contributed by atoms with Crippen molar-refractivity contribution in [3.05, 3.63) is 60.2 Å². The molecule has 2 atom stereocenters. The quantitative estimate of drug-likeness (QED) is 0.463. The van der Waals surface area contributed by atoms with Crippen LogP contribution in [0.1, 0.15) is 18.4 Å². The minimum atomic E-state index is -1.26. The zero-order valence-electron chi connectivity index (χ0n) is 15.2. The first-order valence-electron chi connectivity index (χ1n) is 8.88. The molecule has 0 unspecified atom stereocenters. The van der Waals surface area contributed by atoms with Crippen LogP contribution in [0.15, 0.2) is 54.6 Å². The van der Waals surface area contributed by atoms with Crippen LogP contribution in [0.3, 0.4) is 0 Å². The molecule has 0 aromatic heterocycles. The van der Waals surface area contributed by atoms with Crippen LogP contribution >= 0.6 is 0 Å². The maximum Gasteiger partial charge on any atom is 0.312 e. The first-order chi connectivity index (χ1) is 13.4. The fourth-order valence-corrected chi connectivity index (χ4v) is 2.95. The van der Waals surface area contributed by atoms with Crippen LogP contribution in [0, 0.1) is 5.92 Å². The van der Waals surface area contributed by atoms with Crippen molar-refractivity contribution in [3.63, 3.8) is 0 Å². The van der Waals surface area contributed by atoms with Gasteiger partial charge in [0.15, 0.2) is 0 Å². The molecule has 2 rings (SSSR count). The van der Waals surface area contributed by atoms with Crippen LogP contribution in [0.5, 0.6) is 0 Å². The smallest absolute Gasteiger partial charge is 0.312 e. The topological polar surface area (TPSA) is 124 Å². The maximum absolute atomic E-state index is 11.8. The van der Waals surface area contributed by atoms with E-state index in [1.54, 1.807) is 0 Å². The molecule has 148 valence electrons. The molecule has 0 fully saturated rings. The number of amides is 1. The van der Waals surface area contributed by atoms with Crippen LogP contribution in [-0.4, -0.2) is 45.8 Å². The summed E-state index contributed by atoms with van der Waals surface area (Å²) >= 11 is 0. The van der Waals surface area contributed by atoms with Gasteiger partial charge in [0.05, 0.1) is 12.5 Å². The second-order valence-electron chi connectivity index (χ2n) is 6.56.